The molecule has 0 heterocycles. The van der Waals surface area contributed by atoms with Crippen LogP contribution < -0.4 is 10.0 Å². The molecule has 32 heavy (non-hydrogen) atoms. The van der Waals surface area contributed by atoms with Gasteiger partial charge in [0.05, 0.1) is 23.3 Å². The Hall–Kier alpha value is -3.65. The van der Waals surface area contributed by atoms with E-state index in [0.29, 0.717) is 22.5 Å². The van der Waals surface area contributed by atoms with Crippen LogP contribution in [0.3, 0.4) is 0 Å². The Bertz CT molecular complexity index is 1280. The van der Waals surface area contributed by atoms with Gasteiger partial charge in [-0.05, 0) is 79.9 Å². The number of nitrogens with one attached hydrogen (secondary N) is 2. The Labute approximate surface area is 187 Å². The van der Waals surface area contributed by atoms with Gasteiger partial charge in [0.15, 0.2) is 0 Å². The molecule has 3 aromatic carbocycles. The lowest BCUT2D eigenvalue weighted by Gasteiger charge is -2.14. The van der Waals surface area contributed by atoms with Crippen molar-refractivity contribution in [3.63, 3.8) is 0 Å². The highest BCUT2D eigenvalue weighted by Gasteiger charge is 2.20. The van der Waals surface area contributed by atoms with Crippen molar-refractivity contribution in [1.29, 1.82) is 0 Å². The Morgan fingerprint density at radius 2 is 1.44 bits per heavy atom. The molecule has 0 radical (unpaired) electrons. The van der Waals surface area contributed by atoms with Crippen molar-refractivity contribution in [3.05, 3.63) is 88.5 Å². The molecule has 166 valence electrons. The minimum absolute atomic E-state index is 0.0205. The Morgan fingerprint density at radius 1 is 0.812 bits per heavy atom. The van der Waals surface area contributed by atoms with Crippen LogP contribution in [0.15, 0.2) is 65.6 Å². The van der Waals surface area contributed by atoms with Crippen molar-refractivity contribution < 1.29 is 22.7 Å². The van der Waals surface area contributed by atoms with Crippen molar-refractivity contribution >= 4 is 33.3 Å². The highest BCUT2D eigenvalue weighted by atomic mass is 32.2. The second-order valence-corrected chi connectivity index (χ2v) is 9.08. The smallest absolute Gasteiger partial charge is 0.337 e. The molecule has 3 aromatic rings. The van der Waals surface area contributed by atoms with Crippen molar-refractivity contribution in [2.45, 2.75) is 25.7 Å². The zero-order chi connectivity index (χ0) is 23.5. The fourth-order valence-electron chi connectivity index (χ4n) is 3.09. The zero-order valence-corrected chi connectivity index (χ0v) is 19.0. The molecule has 0 aliphatic rings. The van der Waals surface area contributed by atoms with Gasteiger partial charge >= 0.3 is 5.97 Å². The van der Waals surface area contributed by atoms with Crippen molar-refractivity contribution in [1.82, 2.24) is 0 Å². The van der Waals surface area contributed by atoms with Crippen molar-refractivity contribution in [2.24, 2.45) is 0 Å². The van der Waals surface area contributed by atoms with Gasteiger partial charge in [0, 0.05) is 11.3 Å². The average Bonchev–Trinajstić information content (AvgIpc) is 2.76. The molecule has 0 saturated carbocycles. The molecule has 3 rings (SSSR count). The first kappa shape index (κ1) is 23.0. The second kappa shape index (κ2) is 9.23. The molecule has 0 spiro atoms. The second-order valence-electron chi connectivity index (χ2n) is 7.43. The molecule has 8 heteroatoms. The minimum Gasteiger partial charge on any atom is -0.465 e. The number of hydrogen-bond acceptors (Lipinski definition) is 5. The van der Waals surface area contributed by atoms with E-state index >= 15 is 0 Å². The van der Waals surface area contributed by atoms with Gasteiger partial charge in [0.1, 0.15) is 0 Å². The van der Waals surface area contributed by atoms with Crippen LogP contribution in [-0.4, -0.2) is 27.4 Å². The maximum absolute atomic E-state index is 13.1. The summed E-state index contributed by atoms with van der Waals surface area (Å²) in [5, 5.41) is 2.70. The molecular formula is C24H24N2O5S. The van der Waals surface area contributed by atoms with E-state index in [-0.39, 0.29) is 10.5 Å². The number of ether oxygens (including phenoxy) is 1. The molecule has 2 N–H and O–H groups in total. The van der Waals surface area contributed by atoms with Crippen LogP contribution in [-0.2, 0) is 14.8 Å². The van der Waals surface area contributed by atoms with E-state index in [1.54, 1.807) is 37.3 Å². The number of carbonyl (C=O) groups excluding carboxylic acids is 2. The van der Waals surface area contributed by atoms with E-state index in [9.17, 15) is 18.0 Å². The van der Waals surface area contributed by atoms with Gasteiger partial charge in [-0.15, -0.1) is 0 Å². The zero-order valence-electron chi connectivity index (χ0n) is 18.2. The predicted octanol–water partition coefficient (Wildman–Crippen LogP) is 4.45. The highest BCUT2D eigenvalue weighted by Crippen LogP contribution is 2.24. The molecule has 0 bridgehead atoms. The normalized spacial score (nSPS) is 11.0. The summed E-state index contributed by atoms with van der Waals surface area (Å²) in [7, 11) is -2.62. The lowest BCUT2D eigenvalue weighted by atomic mass is 10.1. The van der Waals surface area contributed by atoms with Crippen LogP contribution in [0.25, 0.3) is 0 Å². The standard InChI is InChI=1S/C24H24N2O5S/c1-15-5-6-16(2)21(13-15)26-32(29,30)22-14-19(8-7-17(22)3)23(27)25-20-11-9-18(10-12-20)24(28)31-4/h5-14,26H,1-4H3,(H,25,27). The molecule has 1 amide bonds. The average molecular weight is 453 g/mol. The summed E-state index contributed by atoms with van der Waals surface area (Å²) in [6.45, 7) is 5.37. The lowest BCUT2D eigenvalue weighted by molar-refractivity contribution is 0.0600. The summed E-state index contributed by atoms with van der Waals surface area (Å²) < 4.78 is 33.4. The van der Waals surface area contributed by atoms with Gasteiger partial charge in [-0.1, -0.05) is 18.2 Å². The van der Waals surface area contributed by atoms with Gasteiger partial charge in [-0.3, -0.25) is 9.52 Å². The van der Waals surface area contributed by atoms with E-state index in [1.165, 1.54) is 25.3 Å². The largest absolute Gasteiger partial charge is 0.465 e. The minimum atomic E-state index is -3.91. The first-order valence-corrected chi connectivity index (χ1v) is 11.3. The number of hydrogen-bond donors (Lipinski definition) is 2. The summed E-state index contributed by atoms with van der Waals surface area (Å²) in [5.74, 6) is -0.952. The van der Waals surface area contributed by atoms with Crippen LogP contribution in [0.5, 0.6) is 0 Å². The third-order valence-corrected chi connectivity index (χ3v) is 6.45. The number of anilines is 2. The van der Waals surface area contributed by atoms with Crippen LogP contribution in [0.1, 0.15) is 37.4 Å². The fraction of sp³-hybridized carbons (Fsp3) is 0.167. The van der Waals surface area contributed by atoms with Crippen LogP contribution in [0.2, 0.25) is 0 Å². The first-order valence-electron chi connectivity index (χ1n) is 9.81. The molecule has 0 aliphatic heterocycles. The van der Waals surface area contributed by atoms with E-state index in [2.05, 4.69) is 14.8 Å². The van der Waals surface area contributed by atoms with E-state index < -0.39 is 21.9 Å². The number of carbonyl (C=O) groups is 2. The topological polar surface area (TPSA) is 102 Å². The number of esters is 1. The summed E-state index contributed by atoms with van der Waals surface area (Å²) in [4.78, 5) is 24.3. The third-order valence-electron chi connectivity index (χ3n) is 4.94. The monoisotopic (exact) mass is 452 g/mol. The van der Waals surface area contributed by atoms with Gasteiger partial charge in [-0.25, -0.2) is 13.2 Å². The quantitative estimate of drug-likeness (QED) is 0.538. The number of aryl methyl sites for hydroxylation is 3. The molecule has 0 atom stereocenters. The summed E-state index contributed by atoms with van der Waals surface area (Å²) in [6, 6.07) is 16.2. The van der Waals surface area contributed by atoms with Gasteiger partial charge < -0.3 is 10.1 Å². The van der Waals surface area contributed by atoms with Crippen LogP contribution >= 0.6 is 0 Å². The highest BCUT2D eigenvalue weighted by molar-refractivity contribution is 7.92. The van der Waals surface area contributed by atoms with E-state index in [4.69, 9.17) is 0 Å². The predicted molar refractivity (Wildman–Crippen MR) is 124 cm³/mol. The Kier molecular flexibility index (Phi) is 6.64. The maximum Gasteiger partial charge on any atom is 0.337 e. The number of amides is 1. The summed E-state index contributed by atoms with van der Waals surface area (Å²) >= 11 is 0. The van der Waals surface area contributed by atoms with Crippen LogP contribution in [0.4, 0.5) is 11.4 Å². The summed E-state index contributed by atoms with van der Waals surface area (Å²) in [6.07, 6.45) is 0. The van der Waals surface area contributed by atoms with Gasteiger partial charge in [0.25, 0.3) is 15.9 Å². The van der Waals surface area contributed by atoms with Gasteiger partial charge in [0.2, 0.25) is 0 Å². The molecule has 0 aromatic heterocycles. The Balaban J connectivity index is 1.85. The third kappa shape index (κ3) is 5.15. The maximum atomic E-state index is 13.1. The van der Waals surface area contributed by atoms with Gasteiger partial charge in [-0.2, -0.15) is 0 Å². The Morgan fingerprint density at radius 3 is 2.09 bits per heavy atom. The lowest BCUT2D eigenvalue weighted by Crippen LogP contribution is -2.17. The van der Waals surface area contributed by atoms with Crippen LogP contribution in [0, 0.1) is 20.8 Å². The summed E-state index contributed by atoms with van der Waals surface area (Å²) in [5.41, 5.74) is 3.73. The van der Waals surface area contributed by atoms with Crippen molar-refractivity contribution in [2.75, 3.05) is 17.1 Å². The SMILES string of the molecule is COC(=O)c1ccc(NC(=O)c2ccc(C)c(S(=O)(=O)Nc3cc(C)ccc3C)c2)cc1. The number of sulfonamides is 1. The number of benzene rings is 3. The molecule has 7 nitrogen and oxygen atoms in total. The molecular weight excluding hydrogens is 428 g/mol. The first-order chi connectivity index (χ1) is 15.1. The molecule has 0 unspecified atom stereocenters. The number of methoxy groups -OCH3 is 1. The molecule has 0 aliphatic carbocycles. The van der Waals surface area contributed by atoms with Crippen molar-refractivity contribution in [3.8, 4) is 0 Å². The van der Waals surface area contributed by atoms with E-state index in [1.807, 2.05) is 26.0 Å². The number of rotatable bonds is 6. The molecule has 0 fully saturated rings. The fourth-order valence-corrected chi connectivity index (χ4v) is 4.48. The van der Waals surface area contributed by atoms with E-state index in [0.717, 1.165) is 11.1 Å². The molecule has 0 saturated heterocycles.